The second-order valence-corrected chi connectivity index (χ2v) is 2.48. The van der Waals surface area contributed by atoms with Crippen LogP contribution in [0.2, 0.25) is 0 Å². The predicted molar refractivity (Wildman–Crippen MR) is 48.3 cm³/mol. The lowest BCUT2D eigenvalue weighted by atomic mass is 10.2. The van der Waals surface area contributed by atoms with E-state index < -0.39 is 0 Å². The number of aromatic hydroxyl groups is 1. The van der Waals surface area contributed by atoms with Crippen molar-refractivity contribution < 1.29 is 5.11 Å². The second kappa shape index (κ2) is 3.72. The number of allylic oxidation sites excluding steroid dienone is 1. The first-order valence-electron chi connectivity index (χ1n) is 3.67. The molecule has 0 heterocycles. The molecule has 0 radical (unpaired) electrons. The highest BCUT2D eigenvalue weighted by Gasteiger charge is 1.92. The molecule has 1 N–H and O–H groups in total. The van der Waals surface area contributed by atoms with Gasteiger partial charge in [0.25, 0.3) is 0 Å². The minimum absolute atomic E-state index is 0.217. The van der Waals surface area contributed by atoms with Crippen molar-refractivity contribution >= 4 is 0 Å². The molecule has 62 valence electrons. The Bertz CT molecular complexity index is 342. The van der Waals surface area contributed by atoms with E-state index in [9.17, 15) is 4.79 Å². The minimum Gasteiger partial charge on any atom is -0.504 e. The predicted octanol–water partition coefficient (Wildman–Crippen LogP) is 1.48. The largest absolute Gasteiger partial charge is 0.504 e. The fraction of sp³-hybridized carbons (Fsp3) is 0.100. The smallest absolute Gasteiger partial charge is 0.220 e. The molecule has 2 heteroatoms. The molecule has 0 saturated carbocycles. The number of rotatable bonds is 2. The van der Waals surface area contributed by atoms with Crippen LogP contribution in [-0.4, -0.2) is 5.11 Å². The van der Waals surface area contributed by atoms with Crippen LogP contribution in [0, 0.1) is 0 Å². The first kappa shape index (κ1) is 8.53. The molecule has 0 aliphatic heterocycles. The van der Waals surface area contributed by atoms with Crippen molar-refractivity contribution in [2.45, 2.75) is 6.42 Å². The van der Waals surface area contributed by atoms with E-state index in [0.29, 0.717) is 6.42 Å². The molecule has 1 aromatic rings. The van der Waals surface area contributed by atoms with Crippen LogP contribution >= 0.6 is 0 Å². The summed E-state index contributed by atoms with van der Waals surface area (Å²) in [6.45, 7) is 3.58. The zero-order valence-electron chi connectivity index (χ0n) is 6.66. The van der Waals surface area contributed by atoms with Gasteiger partial charge in [-0.15, -0.1) is 6.58 Å². The van der Waals surface area contributed by atoms with Gasteiger partial charge < -0.3 is 5.11 Å². The van der Waals surface area contributed by atoms with Crippen molar-refractivity contribution in [3.05, 3.63) is 52.7 Å². The van der Waals surface area contributed by atoms with Crippen molar-refractivity contribution in [2.75, 3.05) is 0 Å². The number of hydrogen-bond acceptors (Lipinski definition) is 2. The van der Waals surface area contributed by atoms with E-state index in [4.69, 9.17) is 5.11 Å². The Labute approximate surface area is 70.8 Å². The Hall–Kier alpha value is -1.57. The highest BCUT2D eigenvalue weighted by Crippen LogP contribution is 2.02. The maximum atomic E-state index is 10.9. The van der Waals surface area contributed by atoms with Crippen molar-refractivity contribution in [1.82, 2.24) is 0 Å². The quantitative estimate of drug-likeness (QED) is 0.669. The third kappa shape index (κ3) is 1.95. The molecule has 0 amide bonds. The summed E-state index contributed by atoms with van der Waals surface area (Å²) in [6, 6.07) is 6.15. The summed E-state index contributed by atoms with van der Waals surface area (Å²) in [5.74, 6) is -0.217. The molecule has 2 nitrogen and oxygen atoms in total. The third-order valence-electron chi connectivity index (χ3n) is 1.54. The summed E-state index contributed by atoms with van der Waals surface area (Å²) in [7, 11) is 0. The van der Waals surface area contributed by atoms with E-state index in [-0.39, 0.29) is 11.2 Å². The maximum Gasteiger partial charge on any atom is 0.220 e. The summed E-state index contributed by atoms with van der Waals surface area (Å²) < 4.78 is 0. The van der Waals surface area contributed by atoms with E-state index in [0.717, 1.165) is 5.56 Å². The van der Waals surface area contributed by atoms with Crippen LogP contribution in [0.5, 0.6) is 5.75 Å². The third-order valence-corrected chi connectivity index (χ3v) is 1.54. The Balaban J connectivity index is 3.16. The Morgan fingerprint density at radius 3 is 2.67 bits per heavy atom. The van der Waals surface area contributed by atoms with Crippen molar-refractivity contribution in [2.24, 2.45) is 0 Å². The van der Waals surface area contributed by atoms with E-state index in [1.807, 2.05) is 0 Å². The molecule has 0 aliphatic carbocycles. The van der Waals surface area contributed by atoms with Gasteiger partial charge in [0.2, 0.25) is 5.43 Å². The Morgan fingerprint density at radius 1 is 1.33 bits per heavy atom. The molecule has 0 unspecified atom stereocenters. The summed E-state index contributed by atoms with van der Waals surface area (Å²) in [5, 5.41) is 9.03. The fourth-order valence-electron chi connectivity index (χ4n) is 0.895. The van der Waals surface area contributed by atoms with Gasteiger partial charge in [-0.1, -0.05) is 18.2 Å². The van der Waals surface area contributed by atoms with Gasteiger partial charge in [0, 0.05) is 0 Å². The Morgan fingerprint density at radius 2 is 2.00 bits per heavy atom. The average molecular weight is 162 g/mol. The van der Waals surface area contributed by atoms with Crippen LogP contribution in [0.25, 0.3) is 0 Å². The summed E-state index contributed by atoms with van der Waals surface area (Å²) in [6.07, 6.45) is 2.45. The van der Waals surface area contributed by atoms with Gasteiger partial charge in [-0.3, -0.25) is 4.79 Å². The highest BCUT2D eigenvalue weighted by atomic mass is 16.3. The number of hydrogen-bond donors (Lipinski definition) is 1. The monoisotopic (exact) mass is 162 g/mol. The molecule has 0 fully saturated rings. The topological polar surface area (TPSA) is 37.3 Å². The molecule has 0 bridgehead atoms. The molecular weight excluding hydrogens is 152 g/mol. The highest BCUT2D eigenvalue weighted by molar-refractivity contribution is 5.24. The first-order valence-corrected chi connectivity index (χ1v) is 3.67. The molecule has 0 aliphatic rings. The molecule has 1 rings (SSSR count). The standard InChI is InChI=1S/C10H10O2/c1-2-3-8-4-6-9(11)10(12)7-5-8/h2,4-7H,1,3H2,(H,11,12). The maximum absolute atomic E-state index is 10.9. The van der Waals surface area contributed by atoms with Gasteiger partial charge in [0.15, 0.2) is 5.75 Å². The van der Waals surface area contributed by atoms with Gasteiger partial charge in [0.05, 0.1) is 0 Å². The van der Waals surface area contributed by atoms with Crippen molar-refractivity contribution in [3.63, 3.8) is 0 Å². The first-order chi connectivity index (χ1) is 5.74. The fourth-order valence-corrected chi connectivity index (χ4v) is 0.895. The van der Waals surface area contributed by atoms with Crippen molar-refractivity contribution in [1.29, 1.82) is 0 Å². The van der Waals surface area contributed by atoms with Crippen LogP contribution in [0.1, 0.15) is 5.56 Å². The van der Waals surface area contributed by atoms with Crippen LogP contribution < -0.4 is 5.43 Å². The van der Waals surface area contributed by atoms with Crippen LogP contribution in [0.3, 0.4) is 0 Å². The Kier molecular flexibility index (Phi) is 2.64. The van der Waals surface area contributed by atoms with E-state index in [2.05, 4.69) is 6.58 Å². The SMILES string of the molecule is C=CCc1ccc(O)c(=O)cc1. The van der Waals surface area contributed by atoms with E-state index in [1.165, 1.54) is 12.1 Å². The van der Waals surface area contributed by atoms with Crippen LogP contribution in [0.4, 0.5) is 0 Å². The second-order valence-electron chi connectivity index (χ2n) is 2.48. The van der Waals surface area contributed by atoms with Gasteiger partial charge in [0.1, 0.15) is 0 Å². The average Bonchev–Trinajstić information content (AvgIpc) is 2.20. The van der Waals surface area contributed by atoms with Gasteiger partial charge >= 0.3 is 0 Å². The zero-order chi connectivity index (χ0) is 8.97. The molecule has 1 aromatic carbocycles. The molecule has 0 spiro atoms. The van der Waals surface area contributed by atoms with Crippen molar-refractivity contribution in [3.8, 4) is 5.75 Å². The summed E-state index contributed by atoms with van der Waals surface area (Å²) in [4.78, 5) is 10.9. The van der Waals surface area contributed by atoms with E-state index in [1.54, 1.807) is 18.2 Å². The zero-order valence-corrected chi connectivity index (χ0v) is 6.66. The molecule has 0 atom stereocenters. The van der Waals surface area contributed by atoms with Gasteiger partial charge in [-0.2, -0.15) is 0 Å². The van der Waals surface area contributed by atoms with Crippen LogP contribution in [-0.2, 0) is 6.42 Å². The minimum atomic E-state index is -0.356. The summed E-state index contributed by atoms with van der Waals surface area (Å²) in [5.41, 5.74) is 0.604. The summed E-state index contributed by atoms with van der Waals surface area (Å²) >= 11 is 0. The lowest BCUT2D eigenvalue weighted by Gasteiger charge is -1.86. The van der Waals surface area contributed by atoms with Crippen LogP contribution in [0.15, 0.2) is 41.7 Å². The molecule has 0 aromatic heterocycles. The molecule has 0 saturated heterocycles. The van der Waals surface area contributed by atoms with E-state index >= 15 is 0 Å². The molecular formula is C10H10O2. The van der Waals surface area contributed by atoms with Gasteiger partial charge in [-0.05, 0) is 24.1 Å². The molecule has 12 heavy (non-hydrogen) atoms. The lowest BCUT2D eigenvalue weighted by molar-refractivity contribution is 0.471. The lowest BCUT2D eigenvalue weighted by Crippen LogP contribution is -1.91. The van der Waals surface area contributed by atoms with Gasteiger partial charge in [-0.25, -0.2) is 0 Å². The normalized spacial score (nSPS) is 9.33.